The van der Waals surface area contributed by atoms with Crippen molar-refractivity contribution in [3.05, 3.63) is 53.3 Å². The van der Waals surface area contributed by atoms with Gasteiger partial charge in [0.2, 0.25) is 5.75 Å². The predicted octanol–water partition coefficient (Wildman–Crippen LogP) is 2.32. The molecule has 0 aromatic heterocycles. The zero-order valence-electron chi connectivity index (χ0n) is 15.2. The number of nitrogens with one attached hydrogen (secondary N) is 1. The van der Waals surface area contributed by atoms with Gasteiger partial charge in [0.25, 0.3) is 5.91 Å². The number of esters is 1. The summed E-state index contributed by atoms with van der Waals surface area (Å²) in [6.07, 6.45) is 0. The Morgan fingerprint density at radius 3 is 2.07 bits per heavy atom. The molecule has 0 heterocycles. The Bertz CT molecular complexity index is 781. The van der Waals surface area contributed by atoms with Gasteiger partial charge in [-0.25, -0.2) is 9.18 Å². The van der Waals surface area contributed by atoms with E-state index in [0.29, 0.717) is 22.8 Å². The summed E-state index contributed by atoms with van der Waals surface area (Å²) in [5.74, 6) is -0.289. The number of methoxy groups -OCH3 is 3. The molecule has 0 aliphatic rings. The van der Waals surface area contributed by atoms with E-state index in [1.165, 1.54) is 33.5 Å². The highest BCUT2D eigenvalue weighted by Crippen LogP contribution is 2.38. The van der Waals surface area contributed by atoms with Crippen LogP contribution in [0.2, 0.25) is 0 Å². The minimum atomic E-state index is -0.710. The summed E-state index contributed by atoms with van der Waals surface area (Å²) >= 11 is 0. The fourth-order valence-corrected chi connectivity index (χ4v) is 2.29. The molecule has 0 atom stereocenters. The first kappa shape index (κ1) is 20.0. The molecule has 0 radical (unpaired) electrons. The molecule has 2 rings (SSSR count). The van der Waals surface area contributed by atoms with Crippen LogP contribution in [0.25, 0.3) is 0 Å². The van der Waals surface area contributed by atoms with Gasteiger partial charge in [-0.2, -0.15) is 0 Å². The number of rotatable bonds is 8. The number of hydrogen-bond acceptors (Lipinski definition) is 6. The van der Waals surface area contributed by atoms with Crippen molar-refractivity contribution in [2.45, 2.75) is 6.54 Å². The average molecular weight is 377 g/mol. The molecule has 8 heteroatoms. The maximum atomic E-state index is 12.8. The molecule has 0 unspecified atom stereocenters. The summed E-state index contributed by atoms with van der Waals surface area (Å²) in [7, 11) is 4.49. The lowest BCUT2D eigenvalue weighted by molar-refractivity contribution is -0.124. The molecule has 1 amide bonds. The molecular weight excluding hydrogens is 357 g/mol. The lowest BCUT2D eigenvalue weighted by Gasteiger charge is -2.14. The van der Waals surface area contributed by atoms with E-state index in [9.17, 15) is 14.0 Å². The second-order valence-corrected chi connectivity index (χ2v) is 5.39. The number of halogens is 1. The van der Waals surface area contributed by atoms with E-state index < -0.39 is 24.3 Å². The van der Waals surface area contributed by atoms with Gasteiger partial charge in [0, 0.05) is 6.54 Å². The third-order valence-corrected chi connectivity index (χ3v) is 3.63. The zero-order chi connectivity index (χ0) is 19.8. The van der Waals surface area contributed by atoms with Crippen LogP contribution >= 0.6 is 0 Å². The molecule has 0 aliphatic carbocycles. The first-order chi connectivity index (χ1) is 13.0. The summed E-state index contributed by atoms with van der Waals surface area (Å²) in [4.78, 5) is 23.7. The van der Waals surface area contributed by atoms with E-state index in [4.69, 9.17) is 18.9 Å². The van der Waals surface area contributed by atoms with Crippen molar-refractivity contribution >= 4 is 11.9 Å². The molecule has 0 fully saturated rings. The molecule has 2 aromatic rings. The molecule has 0 saturated carbocycles. The maximum Gasteiger partial charge on any atom is 0.338 e. The maximum absolute atomic E-state index is 12.8. The summed E-state index contributed by atoms with van der Waals surface area (Å²) in [5.41, 5.74) is 0.872. The van der Waals surface area contributed by atoms with Crippen LogP contribution in [0.5, 0.6) is 17.2 Å². The number of ether oxygens (including phenoxy) is 4. The van der Waals surface area contributed by atoms with Crippen LogP contribution in [-0.4, -0.2) is 39.8 Å². The lowest BCUT2D eigenvalue weighted by Crippen LogP contribution is -2.28. The van der Waals surface area contributed by atoms with Gasteiger partial charge in [-0.15, -0.1) is 0 Å². The normalized spacial score (nSPS) is 10.1. The molecule has 27 heavy (non-hydrogen) atoms. The lowest BCUT2D eigenvalue weighted by atomic mass is 10.1. The van der Waals surface area contributed by atoms with Crippen LogP contribution in [0.3, 0.4) is 0 Å². The van der Waals surface area contributed by atoms with Gasteiger partial charge in [-0.1, -0.05) is 0 Å². The van der Waals surface area contributed by atoms with Crippen LogP contribution in [0.1, 0.15) is 15.9 Å². The summed E-state index contributed by atoms with van der Waals surface area (Å²) < 4.78 is 33.5. The zero-order valence-corrected chi connectivity index (χ0v) is 15.2. The van der Waals surface area contributed by atoms with Crippen LogP contribution in [0.15, 0.2) is 36.4 Å². The SMILES string of the molecule is COc1cc(CNC(=O)COC(=O)c2ccc(F)cc2)cc(OC)c1OC. The van der Waals surface area contributed by atoms with Crippen molar-refractivity contribution in [3.8, 4) is 17.2 Å². The quantitative estimate of drug-likeness (QED) is 0.711. The molecule has 0 spiro atoms. The highest BCUT2D eigenvalue weighted by atomic mass is 19.1. The largest absolute Gasteiger partial charge is 0.493 e. The van der Waals surface area contributed by atoms with Crippen molar-refractivity contribution in [2.24, 2.45) is 0 Å². The number of benzene rings is 2. The highest BCUT2D eigenvalue weighted by molar-refractivity contribution is 5.91. The van der Waals surface area contributed by atoms with Gasteiger partial charge in [-0.05, 0) is 42.0 Å². The fourth-order valence-electron chi connectivity index (χ4n) is 2.29. The van der Waals surface area contributed by atoms with Crippen molar-refractivity contribution in [3.63, 3.8) is 0 Å². The molecule has 0 saturated heterocycles. The fraction of sp³-hybridized carbons (Fsp3) is 0.263. The molecular formula is C19H20FNO6. The first-order valence-corrected chi connectivity index (χ1v) is 7.96. The van der Waals surface area contributed by atoms with Crippen molar-refractivity contribution in [2.75, 3.05) is 27.9 Å². The van der Waals surface area contributed by atoms with Gasteiger partial charge in [0.15, 0.2) is 18.1 Å². The number of amides is 1. The third kappa shape index (κ3) is 5.34. The molecule has 0 aliphatic heterocycles. The van der Waals surface area contributed by atoms with Gasteiger partial charge < -0.3 is 24.3 Å². The van der Waals surface area contributed by atoms with Gasteiger partial charge in [0.1, 0.15) is 5.82 Å². The third-order valence-electron chi connectivity index (χ3n) is 3.63. The number of hydrogen-bond donors (Lipinski definition) is 1. The Balaban J connectivity index is 1.91. The first-order valence-electron chi connectivity index (χ1n) is 7.96. The van der Waals surface area contributed by atoms with E-state index in [2.05, 4.69) is 5.32 Å². The van der Waals surface area contributed by atoms with Crippen molar-refractivity contribution in [1.82, 2.24) is 5.32 Å². The second kappa shape index (κ2) is 9.42. The smallest absolute Gasteiger partial charge is 0.338 e. The Hall–Kier alpha value is -3.29. The van der Waals surface area contributed by atoms with E-state index in [1.807, 2.05) is 0 Å². The van der Waals surface area contributed by atoms with E-state index in [1.54, 1.807) is 12.1 Å². The summed E-state index contributed by atoms with van der Waals surface area (Å²) in [6, 6.07) is 8.25. The van der Waals surface area contributed by atoms with Crippen LogP contribution < -0.4 is 19.5 Å². The van der Waals surface area contributed by atoms with Crippen LogP contribution in [0, 0.1) is 5.82 Å². The van der Waals surface area contributed by atoms with Crippen molar-refractivity contribution in [1.29, 1.82) is 0 Å². The van der Waals surface area contributed by atoms with Gasteiger partial charge >= 0.3 is 5.97 Å². The van der Waals surface area contributed by atoms with E-state index in [0.717, 1.165) is 12.1 Å². The molecule has 2 aromatic carbocycles. The minimum absolute atomic E-state index is 0.161. The Morgan fingerprint density at radius 2 is 1.56 bits per heavy atom. The summed E-state index contributed by atoms with van der Waals surface area (Å²) in [6.45, 7) is -0.287. The second-order valence-electron chi connectivity index (χ2n) is 5.39. The van der Waals surface area contributed by atoms with Gasteiger partial charge in [-0.3, -0.25) is 4.79 Å². The minimum Gasteiger partial charge on any atom is -0.493 e. The van der Waals surface area contributed by atoms with E-state index >= 15 is 0 Å². The molecule has 144 valence electrons. The Labute approximate surface area is 156 Å². The number of carbonyl (C=O) groups is 2. The highest BCUT2D eigenvalue weighted by Gasteiger charge is 2.14. The molecule has 0 bridgehead atoms. The van der Waals surface area contributed by atoms with E-state index in [-0.39, 0.29) is 12.1 Å². The monoisotopic (exact) mass is 377 g/mol. The Morgan fingerprint density at radius 1 is 0.963 bits per heavy atom. The van der Waals surface area contributed by atoms with Crippen LogP contribution in [0.4, 0.5) is 4.39 Å². The molecule has 7 nitrogen and oxygen atoms in total. The molecule has 1 N–H and O–H groups in total. The summed E-state index contributed by atoms with van der Waals surface area (Å²) in [5, 5.41) is 2.63. The standard InChI is InChI=1S/C19H20FNO6/c1-24-15-8-12(9-16(25-2)18(15)26-3)10-21-17(22)11-27-19(23)13-4-6-14(20)7-5-13/h4-9H,10-11H2,1-3H3,(H,21,22). The van der Waals surface area contributed by atoms with Crippen molar-refractivity contribution < 1.29 is 32.9 Å². The van der Waals surface area contributed by atoms with Gasteiger partial charge in [0.05, 0.1) is 26.9 Å². The Kier molecular flexibility index (Phi) is 6.99. The predicted molar refractivity (Wildman–Crippen MR) is 94.6 cm³/mol. The number of carbonyl (C=O) groups excluding carboxylic acids is 2. The van der Waals surface area contributed by atoms with Crippen LogP contribution in [-0.2, 0) is 16.1 Å². The topological polar surface area (TPSA) is 83.1 Å². The average Bonchev–Trinajstić information content (AvgIpc) is 2.69.